The Kier molecular flexibility index (Phi) is 6.63. The Morgan fingerprint density at radius 1 is 1.25 bits per heavy atom. The molecule has 0 aliphatic carbocycles. The summed E-state index contributed by atoms with van der Waals surface area (Å²) in [5.74, 6) is 0.272. The summed E-state index contributed by atoms with van der Waals surface area (Å²) >= 11 is 0. The van der Waals surface area contributed by atoms with Gasteiger partial charge in [0, 0.05) is 6.54 Å². The van der Waals surface area contributed by atoms with Gasteiger partial charge in [-0.2, -0.15) is 0 Å². The van der Waals surface area contributed by atoms with Crippen molar-refractivity contribution in [3.05, 3.63) is 29.8 Å². The number of carboxylic acid groups (broad SMARTS) is 1. The lowest BCUT2D eigenvalue weighted by Crippen LogP contribution is -2.61. The van der Waals surface area contributed by atoms with Crippen LogP contribution in [0.5, 0.6) is 5.75 Å². The van der Waals surface area contributed by atoms with Crippen LogP contribution in [0.1, 0.15) is 46.2 Å². The average molecular weight is 336 g/mol. The van der Waals surface area contributed by atoms with Crippen LogP contribution in [0.3, 0.4) is 0 Å². The van der Waals surface area contributed by atoms with Crippen molar-refractivity contribution in [2.75, 3.05) is 13.7 Å². The van der Waals surface area contributed by atoms with Gasteiger partial charge in [-0.15, -0.1) is 0 Å². The van der Waals surface area contributed by atoms with Gasteiger partial charge in [0.15, 0.2) is 0 Å². The molecule has 2 atom stereocenters. The maximum Gasteiger partial charge on any atom is 0.408 e. The van der Waals surface area contributed by atoms with Crippen molar-refractivity contribution in [3.63, 3.8) is 0 Å². The Hall–Kier alpha value is -2.24. The van der Waals surface area contributed by atoms with Gasteiger partial charge in [0.1, 0.15) is 11.3 Å². The SMILES string of the molecule is CCN(C(=O)O)C(C)(C(=O)NC(C)c1ccc(OC)cc1)C(C)C. The molecule has 2 N–H and O–H groups in total. The first-order chi connectivity index (χ1) is 11.2. The largest absolute Gasteiger partial charge is 0.497 e. The average Bonchev–Trinajstić information content (AvgIpc) is 2.54. The summed E-state index contributed by atoms with van der Waals surface area (Å²) in [6.45, 7) is 9.22. The lowest BCUT2D eigenvalue weighted by atomic mass is 9.85. The number of carbonyl (C=O) groups is 2. The molecule has 6 heteroatoms. The minimum absolute atomic E-state index is 0.170. The Labute approximate surface area is 143 Å². The van der Waals surface area contributed by atoms with E-state index in [4.69, 9.17) is 4.74 Å². The minimum atomic E-state index is -1.14. The second kappa shape index (κ2) is 8.04. The molecular formula is C18H28N2O4. The molecule has 24 heavy (non-hydrogen) atoms. The second-order valence-electron chi connectivity index (χ2n) is 6.30. The van der Waals surface area contributed by atoms with E-state index in [-0.39, 0.29) is 24.4 Å². The van der Waals surface area contributed by atoms with Gasteiger partial charge in [-0.25, -0.2) is 4.79 Å². The third kappa shape index (κ3) is 3.99. The summed E-state index contributed by atoms with van der Waals surface area (Å²) in [6, 6.07) is 7.18. The number of carbonyl (C=O) groups excluding carboxylic acids is 1. The lowest BCUT2D eigenvalue weighted by molar-refractivity contribution is -0.135. The maximum atomic E-state index is 12.9. The molecule has 134 valence electrons. The predicted molar refractivity (Wildman–Crippen MR) is 93.2 cm³/mol. The van der Waals surface area contributed by atoms with Gasteiger partial charge in [0.05, 0.1) is 13.2 Å². The molecule has 0 aliphatic rings. The van der Waals surface area contributed by atoms with Crippen LogP contribution in [0, 0.1) is 5.92 Å². The van der Waals surface area contributed by atoms with Crippen molar-refractivity contribution >= 4 is 12.0 Å². The van der Waals surface area contributed by atoms with Crippen LogP contribution < -0.4 is 10.1 Å². The van der Waals surface area contributed by atoms with Gasteiger partial charge in [-0.3, -0.25) is 9.69 Å². The van der Waals surface area contributed by atoms with Gasteiger partial charge >= 0.3 is 6.09 Å². The van der Waals surface area contributed by atoms with Crippen LogP contribution in [0.15, 0.2) is 24.3 Å². The van der Waals surface area contributed by atoms with Crippen LogP contribution >= 0.6 is 0 Å². The van der Waals surface area contributed by atoms with E-state index in [1.807, 2.05) is 45.0 Å². The van der Waals surface area contributed by atoms with Crippen LogP contribution in [-0.4, -0.2) is 41.2 Å². The molecule has 0 radical (unpaired) electrons. The third-order valence-electron chi connectivity index (χ3n) is 4.66. The normalized spacial score (nSPS) is 14.6. The number of nitrogens with zero attached hydrogens (tertiary/aromatic N) is 1. The summed E-state index contributed by atoms with van der Waals surface area (Å²) in [4.78, 5) is 25.6. The number of benzene rings is 1. The molecule has 0 saturated carbocycles. The molecule has 0 bridgehead atoms. The monoisotopic (exact) mass is 336 g/mol. The fourth-order valence-electron chi connectivity index (χ4n) is 2.68. The lowest BCUT2D eigenvalue weighted by Gasteiger charge is -2.41. The molecule has 0 heterocycles. The summed E-state index contributed by atoms with van der Waals surface area (Å²) in [5.41, 5.74) is -0.213. The third-order valence-corrected chi connectivity index (χ3v) is 4.66. The minimum Gasteiger partial charge on any atom is -0.497 e. The number of likely N-dealkylation sites (N-methyl/N-ethyl adjacent to an activating group) is 1. The summed E-state index contributed by atoms with van der Waals surface area (Å²) in [6.07, 6.45) is -1.10. The molecule has 0 aliphatic heterocycles. The first-order valence-electron chi connectivity index (χ1n) is 8.13. The zero-order chi connectivity index (χ0) is 18.5. The number of rotatable bonds is 7. The van der Waals surface area contributed by atoms with Crippen molar-refractivity contribution in [2.45, 2.75) is 46.2 Å². The number of hydrogen-bond donors (Lipinski definition) is 2. The number of methoxy groups -OCH3 is 1. The maximum absolute atomic E-state index is 12.9. The highest BCUT2D eigenvalue weighted by atomic mass is 16.5. The highest BCUT2D eigenvalue weighted by Crippen LogP contribution is 2.27. The van der Waals surface area contributed by atoms with Gasteiger partial charge in [0.25, 0.3) is 0 Å². The molecule has 2 amide bonds. The van der Waals surface area contributed by atoms with Crippen molar-refractivity contribution in [1.82, 2.24) is 10.2 Å². The Morgan fingerprint density at radius 2 is 1.79 bits per heavy atom. The van der Waals surface area contributed by atoms with Crippen LogP contribution in [0.4, 0.5) is 4.79 Å². The molecule has 0 spiro atoms. The summed E-state index contributed by atoms with van der Waals surface area (Å²) in [5, 5.41) is 12.4. The zero-order valence-corrected chi connectivity index (χ0v) is 15.3. The Morgan fingerprint density at radius 3 is 2.17 bits per heavy atom. The molecule has 1 aromatic carbocycles. The van der Waals surface area contributed by atoms with Gasteiger partial charge < -0.3 is 15.2 Å². The van der Waals surface area contributed by atoms with Crippen molar-refractivity contribution in [2.24, 2.45) is 5.92 Å². The predicted octanol–water partition coefficient (Wildman–Crippen LogP) is 3.29. The molecule has 0 saturated heterocycles. The second-order valence-corrected chi connectivity index (χ2v) is 6.30. The van der Waals surface area contributed by atoms with E-state index in [0.717, 1.165) is 11.3 Å². The standard InChI is InChI=1S/C18H28N2O4/c1-7-20(17(22)23)18(5,12(2)3)16(21)19-13(4)14-8-10-15(24-6)11-9-14/h8-13H,7H2,1-6H3,(H,19,21)(H,22,23). The number of hydrogen-bond acceptors (Lipinski definition) is 3. The topological polar surface area (TPSA) is 78.9 Å². The van der Waals surface area contributed by atoms with Gasteiger partial charge in [-0.1, -0.05) is 26.0 Å². The van der Waals surface area contributed by atoms with Crippen LogP contribution in [0.25, 0.3) is 0 Å². The molecular weight excluding hydrogens is 308 g/mol. The molecule has 0 fully saturated rings. The van der Waals surface area contributed by atoms with Crippen molar-refractivity contribution in [1.29, 1.82) is 0 Å². The first kappa shape index (κ1) is 19.8. The molecule has 2 unspecified atom stereocenters. The number of nitrogens with one attached hydrogen (secondary N) is 1. The Balaban J connectivity index is 3.01. The fraction of sp³-hybridized carbons (Fsp3) is 0.556. The van der Waals surface area contributed by atoms with Crippen LogP contribution in [0.2, 0.25) is 0 Å². The molecule has 1 rings (SSSR count). The highest BCUT2D eigenvalue weighted by molar-refractivity contribution is 5.89. The van der Waals surface area contributed by atoms with E-state index in [1.54, 1.807) is 21.0 Å². The van der Waals surface area contributed by atoms with E-state index in [2.05, 4.69) is 5.32 Å². The number of amides is 2. The van der Waals surface area contributed by atoms with E-state index in [9.17, 15) is 14.7 Å². The molecule has 0 aromatic heterocycles. The molecule has 6 nitrogen and oxygen atoms in total. The van der Waals surface area contributed by atoms with Crippen LogP contribution in [-0.2, 0) is 4.79 Å². The Bertz CT molecular complexity index is 571. The summed E-state index contributed by atoms with van der Waals surface area (Å²) < 4.78 is 5.13. The van der Waals surface area contributed by atoms with E-state index >= 15 is 0 Å². The smallest absolute Gasteiger partial charge is 0.408 e. The van der Waals surface area contributed by atoms with E-state index in [0.29, 0.717) is 0 Å². The molecule has 1 aromatic rings. The first-order valence-corrected chi connectivity index (χ1v) is 8.13. The highest BCUT2D eigenvalue weighted by Gasteiger charge is 2.44. The van der Waals surface area contributed by atoms with E-state index in [1.165, 1.54) is 4.90 Å². The quantitative estimate of drug-likeness (QED) is 0.801. The van der Waals surface area contributed by atoms with Crippen molar-refractivity contribution < 1.29 is 19.4 Å². The van der Waals surface area contributed by atoms with E-state index < -0.39 is 11.6 Å². The number of ether oxygens (including phenoxy) is 1. The van der Waals surface area contributed by atoms with Gasteiger partial charge in [-0.05, 0) is 44.4 Å². The van der Waals surface area contributed by atoms with Crippen molar-refractivity contribution in [3.8, 4) is 5.75 Å². The zero-order valence-electron chi connectivity index (χ0n) is 15.3. The van der Waals surface area contributed by atoms with Gasteiger partial charge in [0.2, 0.25) is 5.91 Å². The summed E-state index contributed by atoms with van der Waals surface area (Å²) in [7, 11) is 1.60. The fourth-order valence-corrected chi connectivity index (χ4v) is 2.68.